The van der Waals surface area contributed by atoms with Crippen molar-refractivity contribution in [2.75, 3.05) is 12.4 Å². The minimum atomic E-state index is -0.937. The summed E-state index contributed by atoms with van der Waals surface area (Å²) in [6.07, 6.45) is -0.603. The van der Waals surface area contributed by atoms with E-state index in [0.29, 0.717) is 34.8 Å². The first-order chi connectivity index (χ1) is 15.6. The molecule has 162 valence electrons. The Morgan fingerprint density at radius 1 is 1.00 bits per heavy atom. The van der Waals surface area contributed by atoms with Crippen molar-refractivity contribution in [2.45, 2.75) is 19.4 Å². The van der Waals surface area contributed by atoms with Crippen LogP contribution in [-0.4, -0.2) is 35.1 Å². The maximum Gasteiger partial charge on any atom is 0.339 e. The van der Waals surface area contributed by atoms with E-state index in [1.54, 1.807) is 56.5 Å². The predicted molar refractivity (Wildman–Crippen MR) is 123 cm³/mol. The third-order valence-corrected chi connectivity index (χ3v) is 5.06. The molecule has 32 heavy (non-hydrogen) atoms. The fourth-order valence-corrected chi connectivity index (χ4v) is 3.36. The van der Waals surface area contributed by atoms with E-state index in [1.165, 1.54) is 0 Å². The van der Waals surface area contributed by atoms with Crippen LogP contribution in [0.1, 0.15) is 23.7 Å². The van der Waals surface area contributed by atoms with Gasteiger partial charge in [0.1, 0.15) is 11.6 Å². The summed E-state index contributed by atoms with van der Waals surface area (Å²) < 4.78 is 10.7. The van der Waals surface area contributed by atoms with E-state index in [0.717, 1.165) is 11.0 Å². The molecule has 0 aliphatic carbocycles. The third-order valence-electron chi connectivity index (χ3n) is 5.06. The Hall–Kier alpha value is -4.13. The Bertz CT molecular complexity index is 1210. The zero-order chi connectivity index (χ0) is 22.5. The van der Waals surface area contributed by atoms with Gasteiger partial charge < -0.3 is 19.8 Å². The van der Waals surface area contributed by atoms with Crippen molar-refractivity contribution in [3.05, 3.63) is 78.4 Å². The van der Waals surface area contributed by atoms with E-state index < -0.39 is 18.0 Å². The highest BCUT2D eigenvalue weighted by Gasteiger charge is 2.24. The van der Waals surface area contributed by atoms with Gasteiger partial charge in [-0.1, -0.05) is 37.3 Å². The lowest BCUT2D eigenvalue weighted by molar-refractivity contribution is -0.124. The van der Waals surface area contributed by atoms with Crippen molar-refractivity contribution in [2.24, 2.45) is 0 Å². The van der Waals surface area contributed by atoms with E-state index in [9.17, 15) is 9.59 Å². The van der Waals surface area contributed by atoms with Gasteiger partial charge in [0.05, 0.1) is 23.7 Å². The van der Waals surface area contributed by atoms with Gasteiger partial charge in [0.15, 0.2) is 6.10 Å². The molecule has 4 aromatic rings. The maximum absolute atomic E-state index is 13.0. The molecule has 0 fully saturated rings. The zero-order valence-electron chi connectivity index (χ0n) is 17.8. The van der Waals surface area contributed by atoms with Crippen LogP contribution < -0.4 is 10.1 Å². The minimum absolute atomic E-state index is 0.334. The molecular weight excluding hydrogens is 406 g/mol. The normalized spacial score (nSPS) is 11.7. The van der Waals surface area contributed by atoms with Crippen molar-refractivity contribution in [3.63, 3.8) is 0 Å². The lowest BCUT2D eigenvalue weighted by atomic mass is 10.1. The number of hydrogen-bond donors (Lipinski definition) is 2. The zero-order valence-corrected chi connectivity index (χ0v) is 17.8. The number of esters is 1. The number of fused-ring (bicyclic) bond motifs is 1. The Kier molecular flexibility index (Phi) is 6.17. The number of aromatic nitrogens is 2. The number of carbonyl (C=O) groups is 2. The number of para-hydroxylation sites is 2. The van der Waals surface area contributed by atoms with Crippen molar-refractivity contribution in [1.29, 1.82) is 0 Å². The van der Waals surface area contributed by atoms with Gasteiger partial charge in [-0.3, -0.25) is 4.79 Å². The first-order valence-corrected chi connectivity index (χ1v) is 10.3. The van der Waals surface area contributed by atoms with Crippen molar-refractivity contribution < 1.29 is 19.1 Å². The number of anilines is 1. The van der Waals surface area contributed by atoms with E-state index in [1.807, 2.05) is 30.3 Å². The van der Waals surface area contributed by atoms with Crippen LogP contribution in [0.25, 0.3) is 22.4 Å². The number of methoxy groups -OCH3 is 1. The number of nitrogens with one attached hydrogen (secondary N) is 2. The van der Waals surface area contributed by atoms with Crippen LogP contribution in [0.5, 0.6) is 5.75 Å². The molecule has 1 unspecified atom stereocenters. The van der Waals surface area contributed by atoms with Crippen LogP contribution in [0.2, 0.25) is 0 Å². The van der Waals surface area contributed by atoms with Gasteiger partial charge in [-0.2, -0.15) is 0 Å². The molecular formula is C25H23N3O4. The molecule has 0 spiro atoms. The minimum Gasteiger partial charge on any atom is -0.497 e. The summed E-state index contributed by atoms with van der Waals surface area (Å²) in [6, 6.07) is 21.6. The monoisotopic (exact) mass is 429 g/mol. The number of H-pyrrole nitrogens is 1. The van der Waals surface area contributed by atoms with E-state index in [4.69, 9.17) is 9.47 Å². The number of nitrogens with zero attached hydrogens (tertiary/aromatic N) is 1. The molecule has 1 heterocycles. The number of benzene rings is 3. The Balaban J connectivity index is 1.52. The smallest absolute Gasteiger partial charge is 0.339 e. The van der Waals surface area contributed by atoms with Crippen molar-refractivity contribution >= 4 is 28.6 Å². The molecule has 0 aliphatic rings. The van der Waals surface area contributed by atoms with E-state index in [2.05, 4.69) is 15.3 Å². The summed E-state index contributed by atoms with van der Waals surface area (Å²) in [6.45, 7) is 1.79. The van der Waals surface area contributed by atoms with Crippen LogP contribution in [0.15, 0.2) is 72.8 Å². The predicted octanol–water partition coefficient (Wildman–Crippen LogP) is 4.81. The average Bonchev–Trinajstić information content (AvgIpc) is 3.27. The fourth-order valence-electron chi connectivity index (χ4n) is 3.36. The standard InChI is InChI=1S/C25H23N3O4/c1-3-22(24(29)26-16-12-14-17(31-2)15-13-16)32-25(30)19-9-5-4-8-18(19)23-27-20-10-6-7-11-21(20)28-23/h4-15,22H,3H2,1-2H3,(H,26,29)(H,27,28). The van der Waals surface area contributed by atoms with Gasteiger partial charge in [0.2, 0.25) is 0 Å². The highest BCUT2D eigenvalue weighted by atomic mass is 16.5. The first-order valence-electron chi connectivity index (χ1n) is 10.3. The summed E-state index contributed by atoms with van der Waals surface area (Å²) in [5, 5.41) is 2.77. The van der Waals surface area contributed by atoms with E-state index >= 15 is 0 Å². The summed E-state index contributed by atoms with van der Waals surface area (Å²) in [5.41, 5.74) is 3.21. The summed E-state index contributed by atoms with van der Waals surface area (Å²) >= 11 is 0. The molecule has 2 N–H and O–H groups in total. The molecule has 0 saturated heterocycles. The average molecular weight is 429 g/mol. The van der Waals surface area contributed by atoms with Gasteiger partial charge in [-0.25, -0.2) is 9.78 Å². The number of ether oxygens (including phenoxy) is 2. The molecule has 3 aromatic carbocycles. The number of hydrogen-bond acceptors (Lipinski definition) is 5. The second kappa shape index (κ2) is 9.34. The topological polar surface area (TPSA) is 93.3 Å². The number of amides is 1. The SMILES string of the molecule is CCC(OC(=O)c1ccccc1-c1nc2ccccc2[nH]1)C(=O)Nc1ccc(OC)cc1. The van der Waals surface area contributed by atoms with E-state index in [-0.39, 0.29) is 0 Å². The Morgan fingerprint density at radius 2 is 1.72 bits per heavy atom. The highest BCUT2D eigenvalue weighted by molar-refractivity contribution is 6.00. The summed E-state index contributed by atoms with van der Waals surface area (Å²) in [4.78, 5) is 33.5. The number of rotatable bonds is 7. The molecule has 0 aliphatic heterocycles. The highest BCUT2D eigenvalue weighted by Crippen LogP contribution is 2.25. The summed E-state index contributed by atoms with van der Waals surface area (Å²) in [5.74, 6) is 0.267. The molecule has 0 bridgehead atoms. The van der Waals surface area contributed by atoms with Crippen LogP contribution in [0.4, 0.5) is 5.69 Å². The maximum atomic E-state index is 13.0. The fraction of sp³-hybridized carbons (Fsp3) is 0.160. The Morgan fingerprint density at radius 3 is 2.44 bits per heavy atom. The van der Waals surface area contributed by atoms with Crippen LogP contribution in [0.3, 0.4) is 0 Å². The molecule has 1 amide bonds. The molecule has 7 nitrogen and oxygen atoms in total. The summed E-state index contributed by atoms with van der Waals surface area (Å²) in [7, 11) is 1.57. The largest absolute Gasteiger partial charge is 0.497 e. The lowest BCUT2D eigenvalue weighted by Gasteiger charge is -2.17. The number of imidazole rings is 1. The van der Waals surface area contributed by atoms with Gasteiger partial charge in [0, 0.05) is 11.3 Å². The molecule has 1 atom stereocenters. The van der Waals surface area contributed by atoms with Crippen LogP contribution >= 0.6 is 0 Å². The Labute approximate surface area is 185 Å². The quantitative estimate of drug-likeness (QED) is 0.411. The van der Waals surface area contributed by atoms with Gasteiger partial charge in [-0.05, 0) is 48.9 Å². The lowest BCUT2D eigenvalue weighted by Crippen LogP contribution is -2.32. The second-order valence-electron chi connectivity index (χ2n) is 7.17. The first kappa shape index (κ1) is 21.1. The van der Waals surface area contributed by atoms with Crippen molar-refractivity contribution in [1.82, 2.24) is 9.97 Å². The number of carbonyl (C=O) groups excluding carboxylic acids is 2. The van der Waals surface area contributed by atoms with Gasteiger partial charge in [0.25, 0.3) is 5.91 Å². The number of aromatic amines is 1. The van der Waals surface area contributed by atoms with Crippen LogP contribution in [-0.2, 0) is 9.53 Å². The molecule has 4 rings (SSSR count). The molecule has 0 radical (unpaired) electrons. The molecule has 1 aromatic heterocycles. The van der Waals surface area contributed by atoms with Crippen molar-refractivity contribution in [3.8, 4) is 17.1 Å². The third kappa shape index (κ3) is 4.46. The second-order valence-corrected chi connectivity index (χ2v) is 7.17. The molecule has 7 heteroatoms. The molecule has 0 saturated carbocycles. The van der Waals surface area contributed by atoms with Crippen LogP contribution in [0, 0.1) is 0 Å². The van der Waals surface area contributed by atoms with Gasteiger partial charge in [-0.15, -0.1) is 0 Å². The van der Waals surface area contributed by atoms with Gasteiger partial charge >= 0.3 is 5.97 Å².